The standard InChI is InChI=1S/C19H28N4O2/c1-4-13(3)17-18(24)21-16-12-14(6-7-15(16)20-17)19(25)23-10-8-22(5-2)9-11-23/h6-7,12-13,17,20H,4-5,8-11H2,1-3H3,(H,21,24). The number of nitrogens with zero attached hydrogens (tertiary/aromatic N) is 2. The van der Waals surface area contributed by atoms with Gasteiger partial charge in [-0.25, -0.2) is 0 Å². The molecule has 0 aliphatic carbocycles. The van der Waals surface area contributed by atoms with Crippen LogP contribution in [0.3, 0.4) is 0 Å². The van der Waals surface area contributed by atoms with Gasteiger partial charge in [0.05, 0.1) is 11.4 Å². The van der Waals surface area contributed by atoms with Crippen molar-refractivity contribution in [3.05, 3.63) is 23.8 Å². The van der Waals surface area contributed by atoms with Gasteiger partial charge in [-0.05, 0) is 30.7 Å². The van der Waals surface area contributed by atoms with Gasteiger partial charge in [-0.1, -0.05) is 27.2 Å². The minimum atomic E-state index is -0.221. The molecule has 6 heteroatoms. The van der Waals surface area contributed by atoms with E-state index < -0.39 is 0 Å². The molecule has 0 spiro atoms. The molecule has 136 valence electrons. The molecule has 6 nitrogen and oxygen atoms in total. The maximum Gasteiger partial charge on any atom is 0.254 e. The number of amides is 2. The molecule has 2 unspecified atom stereocenters. The Morgan fingerprint density at radius 2 is 1.92 bits per heavy atom. The number of carbonyl (C=O) groups excluding carboxylic acids is 2. The molecular weight excluding hydrogens is 316 g/mol. The van der Waals surface area contributed by atoms with Crippen LogP contribution in [0.25, 0.3) is 0 Å². The highest BCUT2D eigenvalue weighted by atomic mass is 16.2. The highest BCUT2D eigenvalue weighted by molar-refractivity contribution is 6.05. The van der Waals surface area contributed by atoms with Crippen LogP contribution in [0.2, 0.25) is 0 Å². The second-order valence-electron chi connectivity index (χ2n) is 6.98. The third-order valence-corrected chi connectivity index (χ3v) is 5.44. The first kappa shape index (κ1) is 17.7. The Kier molecular flexibility index (Phi) is 5.27. The van der Waals surface area contributed by atoms with Crippen LogP contribution in [0.15, 0.2) is 18.2 Å². The normalized spacial score (nSPS) is 22.0. The molecule has 2 amide bonds. The van der Waals surface area contributed by atoms with E-state index in [0.29, 0.717) is 11.3 Å². The maximum atomic E-state index is 12.8. The molecule has 1 fully saturated rings. The first-order valence-electron chi connectivity index (χ1n) is 9.26. The Labute approximate surface area is 149 Å². The highest BCUT2D eigenvalue weighted by Gasteiger charge is 2.30. The minimum absolute atomic E-state index is 0.0250. The van der Waals surface area contributed by atoms with Gasteiger partial charge in [0.25, 0.3) is 5.91 Å². The zero-order valence-corrected chi connectivity index (χ0v) is 15.3. The van der Waals surface area contributed by atoms with Crippen LogP contribution >= 0.6 is 0 Å². The van der Waals surface area contributed by atoms with Gasteiger partial charge in [-0.3, -0.25) is 9.59 Å². The van der Waals surface area contributed by atoms with Crippen molar-refractivity contribution >= 4 is 23.2 Å². The van der Waals surface area contributed by atoms with E-state index in [0.717, 1.165) is 44.8 Å². The van der Waals surface area contributed by atoms with E-state index in [1.807, 2.05) is 17.0 Å². The Morgan fingerprint density at radius 1 is 1.20 bits per heavy atom. The molecule has 0 saturated carbocycles. The predicted octanol–water partition coefficient (Wildman–Crippen LogP) is 2.24. The van der Waals surface area contributed by atoms with Crippen LogP contribution in [0.5, 0.6) is 0 Å². The monoisotopic (exact) mass is 344 g/mol. The largest absolute Gasteiger partial charge is 0.372 e. The summed E-state index contributed by atoms with van der Waals surface area (Å²) < 4.78 is 0. The van der Waals surface area contributed by atoms with E-state index in [2.05, 4.69) is 36.3 Å². The molecule has 1 aromatic carbocycles. The lowest BCUT2D eigenvalue weighted by Crippen LogP contribution is -2.48. The van der Waals surface area contributed by atoms with Crippen molar-refractivity contribution in [3.8, 4) is 0 Å². The van der Waals surface area contributed by atoms with E-state index in [1.54, 1.807) is 6.07 Å². The van der Waals surface area contributed by atoms with Gasteiger partial charge >= 0.3 is 0 Å². The third-order valence-electron chi connectivity index (χ3n) is 5.44. The molecule has 2 aliphatic rings. The van der Waals surface area contributed by atoms with Crippen molar-refractivity contribution in [3.63, 3.8) is 0 Å². The molecule has 3 rings (SSSR count). The lowest BCUT2D eigenvalue weighted by atomic mass is 9.95. The van der Waals surface area contributed by atoms with E-state index in [-0.39, 0.29) is 23.8 Å². The van der Waals surface area contributed by atoms with E-state index in [1.165, 1.54) is 0 Å². The number of piperazine rings is 1. The number of carbonyl (C=O) groups is 2. The molecule has 0 aromatic heterocycles. The summed E-state index contributed by atoms with van der Waals surface area (Å²) in [7, 11) is 0. The van der Waals surface area contributed by atoms with Crippen LogP contribution in [0, 0.1) is 5.92 Å². The molecule has 2 atom stereocenters. The van der Waals surface area contributed by atoms with E-state index in [4.69, 9.17) is 0 Å². The number of hydrogen-bond acceptors (Lipinski definition) is 4. The number of rotatable bonds is 4. The van der Waals surface area contributed by atoms with Gasteiger partial charge in [0.2, 0.25) is 5.91 Å². The molecule has 2 heterocycles. The number of benzene rings is 1. The predicted molar refractivity (Wildman–Crippen MR) is 100.0 cm³/mol. The third kappa shape index (κ3) is 3.63. The average molecular weight is 344 g/mol. The smallest absolute Gasteiger partial charge is 0.254 e. The maximum absolute atomic E-state index is 12.8. The number of hydrogen-bond donors (Lipinski definition) is 2. The fraction of sp³-hybridized carbons (Fsp3) is 0.579. The number of fused-ring (bicyclic) bond motifs is 1. The lowest BCUT2D eigenvalue weighted by Gasteiger charge is -2.34. The molecule has 0 bridgehead atoms. The number of likely N-dealkylation sites (N-methyl/N-ethyl adjacent to an activating group) is 1. The molecule has 2 N–H and O–H groups in total. The molecule has 25 heavy (non-hydrogen) atoms. The molecular formula is C19H28N4O2. The van der Waals surface area contributed by atoms with Crippen LogP contribution in [0.1, 0.15) is 37.6 Å². The Bertz CT molecular complexity index is 653. The molecule has 1 saturated heterocycles. The van der Waals surface area contributed by atoms with Crippen molar-refractivity contribution in [1.82, 2.24) is 9.80 Å². The summed E-state index contributed by atoms with van der Waals surface area (Å²) >= 11 is 0. The van der Waals surface area contributed by atoms with Gasteiger partial charge in [0.1, 0.15) is 6.04 Å². The summed E-state index contributed by atoms with van der Waals surface area (Å²) in [5, 5.41) is 6.27. The van der Waals surface area contributed by atoms with Crippen LogP contribution in [-0.2, 0) is 4.79 Å². The van der Waals surface area contributed by atoms with Gasteiger partial charge < -0.3 is 20.4 Å². The summed E-state index contributed by atoms with van der Waals surface area (Å²) in [4.78, 5) is 29.3. The van der Waals surface area contributed by atoms with Crippen molar-refractivity contribution in [2.24, 2.45) is 5.92 Å². The minimum Gasteiger partial charge on any atom is -0.372 e. The van der Waals surface area contributed by atoms with Gasteiger partial charge in [-0.15, -0.1) is 0 Å². The SMILES string of the molecule is CCC(C)C1Nc2ccc(C(=O)N3CCN(CC)CC3)cc2NC1=O. The van der Waals surface area contributed by atoms with E-state index >= 15 is 0 Å². The number of anilines is 2. The summed E-state index contributed by atoms with van der Waals surface area (Å²) in [5.41, 5.74) is 2.22. The molecule has 0 radical (unpaired) electrons. The highest BCUT2D eigenvalue weighted by Crippen LogP contribution is 2.30. The zero-order valence-electron chi connectivity index (χ0n) is 15.3. The van der Waals surface area contributed by atoms with Crippen LogP contribution < -0.4 is 10.6 Å². The summed E-state index contributed by atoms with van der Waals surface area (Å²) in [6.45, 7) is 10.7. The van der Waals surface area contributed by atoms with Crippen molar-refractivity contribution < 1.29 is 9.59 Å². The fourth-order valence-corrected chi connectivity index (χ4v) is 3.44. The van der Waals surface area contributed by atoms with Gasteiger partial charge in [-0.2, -0.15) is 0 Å². The molecule has 1 aromatic rings. The van der Waals surface area contributed by atoms with E-state index in [9.17, 15) is 9.59 Å². The van der Waals surface area contributed by atoms with Crippen molar-refractivity contribution in [1.29, 1.82) is 0 Å². The van der Waals surface area contributed by atoms with Crippen LogP contribution in [-0.4, -0.2) is 60.4 Å². The first-order valence-corrected chi connectivity index (χ1v) is 9.26. The van der Waals surface area contributed by atoms with Crippen LogP contribution in [0.4, 0.5) is 11.4 Å². The second kappa shape index (κ2) is 7.44. The summed E-state index contributed by atoms with van der Waals surface area (Å²) in [5.74, 6) is 0.268. The average Bonchev–Trinajstić information content (AvgIpc) is 2.65. The molecule has 2 aliphatic heterocycles. The van der Waals surface area contributed by atoms with Crippen molar-refractivity contribution in [2.45, 2.75) is 33.2 Å². The fourth-order valence-electron chi connectivity index (χ4n) is 3.44. The number of nitrogens with one attached hydrogen (secondary N) is 2. The Balaban J connectivity index is 1.73. The first-order chi connectivity index (χ1) is 12.0. The Hall–Kier alpha value is -2.08. The van der Waals surface area contributed by atoms with Gasteiger partial charge in [0, 0.05) is 31.7 Å². The van der Waals surface area contributed by atoms with Crippen molar-refractivity contribution in [2.75, 3.05) is 43.4 Å². The summed E-state index contributed by atoms with van der Waals surface area (Å²) in [6.07, 6.45) is 0.931. The Morgan fingerprint density at radius 3 is 2.56 bits per heavy atom. The zero-order chi connectivity index (χ0) is 18.0. The second-order valence-corrected chi connectivity index (χ2v) is 6.98. The lowest BCUT2D eigenvalue weighted by molar-refractivity contribution is -0.118. The quantitative estimate of drug-likeness (QED) is 0.879. The topological polar surface area (TPSA) is 64.7 Å². The van der Waals surface area contributed by atoms with Gasteiger partial charge in [0.15, 0.2) is 0 Å². The summed E-state index contributed by atoms with van der Waals surface area (Å²) in [6, 6.07) is 5.33.